The molecule has 14 heavy (non-hydrogen) atoms. The predicted octanol–water partition coefficient (Wildman–Crippen LogP) is 0.830. The Morgan fingerprint density at radius 2 is 2.14 bits per heavy atom. The van der Waals surface area contributed by atoms with Gasteiger partial charge in [0.05, 0.1) is 5.56 Å². The monoisotopic (exact) mass is 195 g/mol. The van der Waals surface area contributed by atoms with Crippen molar-refractivity contribution >= 4 is 0 Å². The first-order valence-electron chi connectivity index (χ1n) is 5.22. The average molecular weight is 195 g/mol. The van der Waals surface area contributed by atoms with E-state index < -0.39 is 0 Å². The summed E-state index contributed by atoms with van der Waals surface area (Å²) in [5.41, 5.74) is 7.49. The van der Waals surface area contributed by atoms with Crippen LogP contribution in [0.5, 0.6) is 0 Å². The van der Waals surface area contributed by atoms with Gasteiger partial charge in [-0.2, -0.15) is 0 Å². The summed E-state index contributed by atoms with van der Waals surface area (Å²) < 4.78 is 1.54. The van der Waals surface area contributed by atoms with Crippen LogP contribution in [0.4, 0.5) is 0 Å². The van der Waals surface area contributed by atoms with Gasteiger partial charge < -0.3 is 5.73 Å². The lowest BCUT2D eigenvalue weighted by molar-refractivity contribution is 0.649. The highest BCUT2D eigenvalue weighted by Crippen LogP contribution is 2.33. The smallest absolute Gasteiger partial charge is 0.270 e. The van der Waals surface area contributed by atoms with E-state index in [1.165, 1.54) is 30.4 Å². The number of H-pyrrole nitrogens is 1. The lowest BCUT2D eigenvalue weighted by Gasteiger charge is -2.07. The zero-order valence-corrected chi connectivity index (χ0v) is 8.55. The van der Waals surface area contributed by atoms with E-state index in [2.05, 4.69) is 5.10 Å². The molecule has 0 aliphatic heterocycles. The van der Waals surface area contributed by atoms with Crippen LogP contribution in [0, 0.1) is 0 Å². The normalized spacial score (nSPS) is 17.9. The second-order valence-corrected chi connectivity index (χ2v) is 4.05. The third-order valence-electron chi connectivity index (χ3n) is 3.14. The molecule has 0 atom stereocenters. The number of nitrogens with one attached hydrogen (secondary N) is 1. The maximum Gasteiger partial charge on any atom is 0.270 e. The summed E-state index contributed by atoms with van der Waals surface area (Å²) in [4.78, 5) is 11.6. The van der Waals surface area contributed by atoms with Crippen LogP contribution in [0.25, 0.3) is 0 Å². The number of nitrogens with zero attached hydrogens (tertiary/aromatic N) is 1. The van der Waals surface area contributed by atoms with Crippen LogP contribution in [0.15, 0.2) is 4.79 Å². The molecule has 0 saturated heterocycles. The minimum atomic E-state index is 0.0365. The fourth-order valence-electron chi connectivity index (χ4n) is 2.37. The zero-order chi connectivity index (χ0) is 10.1. The molecule has 1 heterocycles. The largest absolute Gasteiger partial charge is 0.326 e. The fraction of sp³-hybridized carbons (Fsp3) is 0.700. The maximum atomic E-state index is 11.6. The Morgan fingerprint density at radius 3 is 2.71 bits per heavy atom. The molecule has 3 N–H and O–H groups in total. The highest BCUT2D eigenvalue weighted by Gasteiger charge is 2.23. The molecule has 0 radical (unpaired) electrons. The van der Waals surface area contributed by atoms with Crippen molar-refractivity contribution < 1.29 is 0 Å². The van der Waals surface area contributed by atoms with Crippen molar-refractivity contribution in [3.05, 3.63) is 21.6 Å². The van der Waals surface area contributed by atoms with Gasteiger partial charge in [-0.15, -0.1) is 0 Å². The molecule has 0 amide bonds. The molecule has 1 aliphatic rings. The highest BCUT2D eigenvalue weighted by molar-refractivity contribution is 5.21. The molecule has 1 saturated carbocycles. The van der Waals surface area contributed by atoms with Crippen molar-refractivity contribution in [1.29, 1.82) is 0 Å². The predicted molar refractivity (Wildman–Crippen MR) is 55.1 cm³/mol. The summed E-state index contributed by atoms with van der Waals surface area (Å²) in [6, 6.07) is 0. The molecule has 4 nitrogen and oxygen atoms in total. The molecule has 1 aliphatic carbocycles. The number of rotatable bonds is 2. The van der Waals surface area contributed by atoms with Crippen molar-refractivity contribution in [3.63, 3.8) is 0 Å². The van der Waals surface area contributed by atoms with Gasteiger partial charge in [0.1, 0.15) is 0 Å². The lowest BCUT2D eigenvalue weighted by Crippen LogP contribution is -2.17. The minimum absolute atomic E-state index is 0.0365. The summed E-state index contributed by atoms with van der Waals surface area (Å²) >= 11 is 0. The van der Waals surface area contributed by atoms with Gasteiger partial charge in [-0.05, 0) is 12.8 Å². The Morgan fingerprint density at radius 1 is 1.50 bits per heavy atom. The topological polar surface area (TPSA) is 63.8 Å². The minimum Gasteiger partial charge on any atom is -0.326 e. The number of hydrogen-bond acceptors (Lipinski definition) is 2. The standard InChI is InChI=1S/C10H17N3O/c1-13-10(14)8(6-11)9(12-13)7-4-2-3-5-7/h7,12H,2-6,11H2,1H3. The number of aromatic nitrogens is 2. The van der Waals surface area contributed by atoms with E-state index in [0.717, 1.165) is 11.3 Å². The summed E-state index contributed by atoms with van der Waals surface area (Å²) in [7, 11) is 1.75. The average Bonchev–Trinajstić information content (AvgIpc) is 2.76. The number of aryl methyl sites for hydroxylation is 1. The maximum absolute atomic E-state index is 11.6. The Bertz CT molecular complexity index is 371. The molecular formula is C10H17N3O. The molecule has 1 aromatic rings. The van der Waals surface area contributed by atoms with Crippen molar-refractivity contribution in [2.45, 2.75) is 38.1 Å². The van der Waals surface area contributed by atoms with E-state index in [0.29, 0.717) is 12.5 Å². The Labute approximate surface area is 83.1 Å². The zero-order valence-electron chi connectivity index (χ0n) is 8.55. The van der Waals surface area contributed by atoms with Crippen LogP contribution >= 0.6 is 0 Å². The van der Waals surface area contributed by atoms with E-state index in [4.69, 9.17) is 5.73 Å². The van der Waals surface area contributed by atoms with Gasteiger partial charge in [0.2, 0.25) is 0 Å². The van der Waals surface area contributed by atoms with Gasteiger partial charge >= 0.3 is 0 Å². The third kappa shape index (κ3) is 1.39. The van der Waals surface area contributed by atoms with Crippen molar-refractivity contribution in [2.24, 2.45) is 12.8 Å². The summed E-state index contributed by atoms with van der Waals surface area (Å²) in [5.74, 6) is 0.530. The van der Waals surface area contributed by atoms with Crippen molar-refractivity contribution in [3.8, 4) is 0 Å². The first-order valence-corrected chi connectivity index (χ1v) is 5.22. The van der Waals surface area contributed by atoms with Gasteiger partial charge in [0.15, 0.2) is 0 Å². The first-order chi connectivity index (χ1) is 6.74. The molecule has 0 spiro atoms. The Kier molecular flexibility index (Phi) is 2.46. The molecule has 78 valence electrons. The van der Waals surface area contributed by atoms with Gasteiger partial charge in [-0.1, -0.05) is 12.8 Å². The third-order valence-corrected chi connectivity index (χ3v) is 3.14. The van der Waals surface area contributed by atoms with Crippen LogP contribution < -0.4 is 11.3 Å². The fourth-order valence-corrected chi connectivity index (χ4v) is 2.37. The van der Waals surface area contributed by atoms with Crippen molar-refractivity contribution in [1.82, 2.24) is 9.78 Å². The van der Waals surface area contributed by atoms with Gasteiger partial charge in [0.25, 0.3) is 5.56 Å². The molecule has 0 aromatic carbocycles. The summed E-state index contributed by atoms with van der Waals surface area (Å²) in [6.07, 6.45) is 4.91. The van der Waals surface area contributed by atoms with E-state index >= 15 is 0 Å². The van der Waals surface area contributed by atoms with E-state index in [1.54, 1.807) is 7.05 Å². The van der Waals surface area contributed by atoms with E-state index in [-0.39, 0.29) is 5.56 Å². The molecule has 1 fully saturated rings. The van der Waals surface area contributed by atoms with Crippen LogP contribution in [0.1, 0.15) is 42.9 Å². The molecule has 4 heteroatoms. The summed E-state index contributed by atoms with van der Waals surface area (Å²) in [6.45, 7) is 0.349. The molecule has 0 unspecified atom stereocenters. The SMILES string of the molecule is Cn1[nH]c(C2CCCC2)c(CN)c1=O. The lowest BCUT2D eigenvalue weighted by atomic mass is 10.0. The quantitative estimate of drug-likeness (QED) is 0.734. The first kappa shape index (κ1) is 9.52. The molecule has 1 aromatic heterocycles. The Balaban J connectivity index is 2.41. The van der Waals surface area contributed by atoms with Gasteiger partial charge in [-0.25, -0.2) is 0 Å². The van der Waals surface area contributed by atoms with Gasteiger partial charge in [-0.3, -0.25) is 14.6 Å². The molecule has 0 bridgehead atoms. The second kappa shape index (κ2) is 3.61. The van der Waals surface area contributed by atoms with Crippen LogP contribution in [0.2, 0.25) is 0 Å². The number of hydrogen-bond donors (Lipinski definition) is 2. The summed E-state index contributed by atoms with van der Waals surface area (Å²) in [5, 5.41) is 3.13. The highest BCUT2D eigenvalue weighted by atomic mass is 16.1. The van der Waals surface area contributed by atoms with Crippen molar-refractivity contribution in [2.75, 3.05) is 0 Å². The van der Waals surface area contributed by atoms with Crippen LogP contribution in [0.3, 0.4) is 0 Å². The van der Waals surface area contributed by atoms with Crippen LogP contribution in [-0.2, 0) is 13.6 Å². The Hall–Kier alpha value is -1.03. The van der Waals surface area contributed by atoms with Crippen LogP contribution in [-0.4, -0.2) is 9.78 Å². The number of aromatic amines is 1. The van der Waals surface area contributed by atoms with E-state index in [1.807, 2.05) is 0 Å². The van der Waals surface area contributed by atoms with E-state index in [9.17, 15) is 4.79 Å². The number of nitrogens with two attached hydrogens (primary N) is 1. The van der Waals surface area contributed by atoms with Gasteiger partial charge in [0, 0.05) is 25.2 Å². The second-order valence-electron chi connectivity index (χ2n) is 4.05. The molecule has 2 rings (SSSR count). The molecular weight excluding hydrogens is 178 g/mol.